The minimum atomic E-state index is 0.554. The normalized spacial score (nSPS) is 10.3. The van der Waals surface area contributed by atoms with Gasteiger partial charge in [0.1, 0.15) is 0 Å². The first kappa shape index (κ1) is 27.5. The Morgan fingerprint density at radius 1 is 0.538 bits per heavy atom. The molecule has 188 valence electrons. The molecule has 0 unspecified atom stereocenters. The van der Waals surface area contributed by atoms with Gasteiger partial charge in [0.05, 0.1) is 26.3 Å². The lowest BCUT2D eigenvalue weighted by Gasteiger charge is -2.16. The molecule has 0 radical (unpaired) electrons. The van der Waals surface area contributed by atoms with Crippen LogP contribution in [-0.4, -0.2) is 0 Å². The van der Waals surface area contributed by atoms with E-state index in [0.29, 0.717) is 22.7 Å². The van der Waals surface area contributed by atoms with Crippen molar-refractivity contribution in [3.63, 3.8) is 0 Å². The summed E-state index contributed by atoms with van der Waals surface area (Å²) in [5.74, 6) is 0. The van der Waals surface area contributed by atoms with E-state index >= 15 is 0 Å². The molecule has 0 bridgehead atoms. The second-order valence-electron chi connectivity index (χ2n) is 8.85. The molecular formula is C32H22N4OS2. The smallest absolute Gasteiger partial charge is 0.195 e. The molecule has 4 rings (SSSR count). The Balaban J connectivity index is 1.64. The standard InChI is InChI=1S/C32H22N4OS2/c1-19-17-23(33-5)9-11-25(19)31-21(3)29(15-13-27(31)35-7)38-37-39-30-16-14-28(36-8)32(22(30)4)26-12-10-24(34-6)18-20(26)2/h9-18H,1-4H3. The van der Waals surface area contributed by atoms with Crippen molar-refractivity contribution in [2.45, 2.75) is 37.5 Å². The van der Waals surface area contributed by atoms with Gasteiger partial charge in [-0.1, -0.05) is 71.8 Å². The molecule has 4 aromatic carbocycles. The first-order valence-corrected chi connectivity index (χ1v) is 13.3. The number of aryl methyl sites for hydroxylation is 2. The SMILES string of the molecule is [C-]#[N+]c1ccc(-c2c([N+]#[C-])ccc(SOSc3ccc([N+]#[C-])c(-c4ccc([N+]#[C-])cc4C)c3C)c2C)c(C)c1. The van der Waals surface area contributed by atoms with E-state index in [-0.39, 0.29) is 0 Å². The summed E-state index contributed by atoms with van der Waals surface area (Å²) in [4.78, 5) is 16.3. The molecule has 0 aromatic heterocycles. The molecule has 0 spiro atoms. The summed E-state index contributed by atoms with van der Waals surface area (Å²) >= 11 is 2.46. The van der Waals surface area contributed by atoms with Crippen LogP contribution in [0.3, 0.4) is 0 Å². The van der Waals surface area contributed by atoms with Gasteiger partial charge in [-0.15, -0.1) is 0 Å². The molecule has 0 fully saturated rings. The van der Waals surface area contributed by atoms with Gasteiger partial charge in [-0.25, -0.2) is 23.0 Å². The van der Waals surface area contributed by atoms with E-state index in [4.69, 9.17) is 29.9 Å². The third-order valence-corrected chi connectivity index (χ3v) is 8.28. The van der Waals surface area contributed by atoms with Crippen LogP contribution in [-0.2, 0) is 3.63 Å². The van der Waals surface area contributed by atoms with Gasteiger partial charge in [0, 0.05) is 33.9 Å². The van der Waals surface area contributed by atoms with Gasteiger partial charge in [0.25, 0.3) is 0 Å². The molecule has 0 N–H and O–H groups in total. The zero-order valence-corrected chi connectivity index (χ0v) is 23.4. The lowest BCUT2D eigenvalue weighted by atomic mass is 9.94. The van der Waals surface area contributed by atoms with Crippen LogP contribution >= 0.6 is 24.1 Å². The van der Waals surface area contributed by atoms with Crippen molar-refractivity contribution in [2.75, 3.05) is 0 Å². The second-order valence-corrected chi connectivity index (χ2v) is 10.6. The van der Waals surface area contributed by atoms with E-state index < -0.39 is 0 Å². The van der Waals surface area contributed by atoms with E-state index in [9.17, 15) is 0 Å². The van der Waals surface area contributed by atoms with Gasteiger partial charge in [-0.3, -0.25) is 0 Å². The molecule has 0 heterocycles. The van der Waals surface area contributed by atoms with Gasteiger partial charge in [-0.2, -0.15) is 0 Å². The van der Waals surface area contributed by atoms with Gasteiger partial charge >= 0.3 is 0 Å². The summed E-state index contributed by atoms with van der Waals surface area (Å²) in [6, 6.07) is 18.4. The zero-order chi connectivity index (χ0) is 28.1. The Kier molecular flexibility index (Phi) is 8.41. The highest BCUT2D eigenvalue weighted by molar-refractivity contribution is 8.08. The van der Waals surface area contributed by atoms with Crippen LogP contribution in [0.2, 0.25) is 0 Å². The largest absolute Gasteiger partial charge is 0.238 e. The van der Waals surface area contributed by atoms with Crippen LogP contribution in [0.5, 0.6) is 0 Å². The highest BCUT2D eigenvalue weighted by Gasteiger charge is 2.18. The monoisotopic (exact) mass is 542 g/mol. The fourth-order valence-electron chi connectivity index (χ4n) is 4.49. The van der Waals surface area contributed by atoms with Crippen molar-refractivity contribution in [3.05, 3.63) is 129 Å². The first-order chi connectivity index (χ1) is 18.8. The highest BCUT2D eigenvalue weighted by Crippen LogP contribution is 2.45. The maximum Gasteiger partial charge on any atom is 0.195 e. The minimum absolute atomic E-state index is 0.554. The molecule has 0 aliphatic carbocycles. The lowest BCUT2D eigenvalue weighted by molar-refractivity contribution is 0.755. The number of nitrogens with zero attached hydrogens (tertiary/aromatic N) is 4. The van der Waals surface area contributed by atoms with Crippen molar-refractivity contribution in [2.24, 2.45) is 0 Å². The molecule has 5 nitrogen and oxygen atoms in total. The Hall–Kier alpha value is -4.50. The predicted molar refractivity (Wildman–Crippen MR) is 161 cm³/mol. The number of hydrogen-bond acceptors (Lipinski definition) is 3. The average Bonchev–Trinajstić information content (AvgIpc) is 2.94. The zero-order valence-electron chi connectivity index (χ0n) is 21.8. The van der Waals surface area contributed by atoms with E-state index in [1.165, 1.54) is 24.1 Å². The van der Waals surface area contributed by atoms with Crippen molar-refractivity contribution in [1.82, 2.24) is 0 Å². The summed E-state index contributed by atoms with van der Waals surface area (Å²) in [7, 11) is 0. The van der Waals surface area contributed by atoms with Crippen LogP contribution in [0.15, 0.2) is 70.5 Å². The number of rotatable bonds is 6. The van der Waals surface area contributed by atoms with Gasteiger partial charge < -0.3 is 0 Å². The third kappa shape index (κ3) is 5.53. The van der Waals surface area contributed by atoms with Gasteiger partial charge in [-0.05, 0) is 61.1 Å². The van der Waals surface area contributed by atoms with E-state index in [0.717, 1.165) is 54.3 Å². The van der Waals surface area contributed by atoms with Gasteiger partial charge in [0.2, 0.25) is 0 Å². The van der Waals surface area contributed by atoms with Crippen molar-refractivity contribution in [3.8, 4) is 22.3 Å². The van der Waals surface area contributed by atoms with Crippen LogP contribution < -0.4 is 0 Å². The minimum Gasteiger partial charge on any atom is -0.238 e. The molecule has 0 aliphatic rings. The molecule has 0 saturated heterocycles. The quantitative estimate of drug-likeness (QED) is 0.179. The maximum atomic E-state index is 7.68. The molecule has 0 aliphatic heterocycles. The predicted octanol–water partition coefficient (Wildman–Crippen LogP) is 11.2. The molecule has 0 atom stereocenters. The van der Waals surface area contributed by atoms with Crippen LogP contribution in [0.25, 0.3) is 41.6 Å². The summed E-state index contributed by atoms with van der Waals surface area (Å²) < 4.78 is 6.03. The topological polar surface area (TPSA) is 26.7 Å². The summed E-state index contributed by atoms with van der Waals surface area (Å²) in [5, 5.41) is 0. The fraction of sp³-hybridized carbons (Fsp3) is 0.125. The molecule has 39 heavy (non-hydrogen) atoms. The fourth-order valence-corrected chi connectivity index (χ4v) is 5.91. The Bertz CT molecular complexity index is 1650. The van der Waals surface area contributed by atoms with E-state index in [2.05, 4.69) is 19.4 Å². The maximum absolute atomic E-state index is 7.68. The Labute approximate surface area is 238 Å². The number of benzene rings is 4. The van der Waals surface area contributed by atoms with Crippen molar-refractivity contribution < 1.29 is 3.63 Å². The summed E-state index contributed by atoms with van der Waals surface area (Å²) in [5.41, 5.74) is 9.54. The average molecular weight is 543 g/mol. The Morgan fingerprint density at radius 2 is 0.949 bits per heavy atom. The first-order valence-electron chi connectivity index (χ1n) is 11.8. The van der Waals surface area contributed by atoms with Gasteiger partial charge in [0.15, 0.2) is 22.7 Å². The van der Waals surface area contributed by atoms with E-state index in [1.54, 1.807) is 24.3 Å². The van der Waals surface area contributed by atoms with E-state index in [1.807, 2.05) is 64.1 Å². The molecule has 0 saturated carbocycles. The summed E-state index contributed by atoms with van der Waals surface area (Å²) in [6.07, 6.45) is 0. The molecular weight excluding hydrogens is 521 g/mol. The van der Waals surface area contributed by atoms with Crippen LogP contribution in [0.1, 0.15) is 22.3 Å². The highest BCUT2D eigenvalue weighted by atomic mass is 32.2. The molecule has 7 heteroatoms. The second kappa shape index (κ2) is 11.9. The molecule has 4 aromatic rings. The number of hydrogen-bond donors (Lipinski definition) is 0. The van der Waals surface area contributed by atoms with Crippen molar-refractivity contribution >= 4 is 46.8 Å². The third-order valence-electron chi connectivity index (χ3n) is 6.49. The van der Waals surface area contributed by atoms with Crippen LogP contribution in [0.4, 0.5) is 22.7 Å². The van der Waals surface area contributed by atoms with Crippen molar-refractivity contribution in [1.29, 1.82) is 0 Å². The Morgan fingerprint density at radius 3 is 1.28 bits per heavy atom. The molecule has 0 amide bonds. The summed E-state index contributed by atoms with van der Waals surface area (Å²) in [6.45, 7) is 37.8. The lowest BCUT2D eigenvalue weighted by Crippen LogP contribution is -1.91. The van der Waals surface area contributed by atoms with Crippen LogP contribution in [0, 0.1) is 54.0 Å².